The molecule has 0 radical (unpaired) electrons. The quantitative estimate of drug-likeness (QED) is 0.792. The van der Waals surface area contributed by atoms with Crippen LogP contribution >= 0.6 is 0 Å². The van der Waals surface area contributed by atoms with Crippen molar-refractivity contribution in [3.63, 3.8) is 0 Å². The Labute approximate surface area is 117 Å². The van der Waals surface area contributed by atoms with Gasteiger partial charge in [-0.2, -0.15) is 5.10 Å². The fourth-order valence-electron chi connectivity index (χ4n) is 2.07. The number of aliphatic hydroxyl groups excluding tert-OH is 1. The minimum atomic E-state index is -0.566. The number of hydrogen-bond donors (Lipinski definition) is 1. The maximum absolute atomic E-state index is 9.62. The standard InChI is InChI=1S/C16H15N3O/c1-12(20)15-7-3-8-16(18-15)13-5-2-6-14(11-13)19-10-4-9-17-19/h2-12,20H,1H3/t12-/m0/s1. The van der Waals surface area contributed by atoms with Gasteiger partial charge in [0.2, 0.25) is 0 Å². The second kappa shape index (κ2) is 5.27. The van der Waals surface area contributed by atoms with E-state index in [1.807, 2.05) is 59.4 Å². The maximum Gasteiger partial charge on any atom is 0.0932 e. The van der Waals surface area contributed by atoms with Gasteiger partial charge in [-0.1, -0.05) is 18.2 Å². The van der Waals surface area contributed by atoms with Gasteiger partial charge in [0.05, 0.1) is 23.2 Å². The molecule has 100 valence electrons. The molecule has 0 fully saturated rings. The predicted molar refractivity (Wildman–Crippen MR) is 77.4 cm³/mol. The smallest absolute Gasteiger partial charge is 0.0932 e. The van der Waals surface area contributed by atoms with E-state index < -0.39 is 6.10 Å². The van der Waals surface area contributed by atoms with Gasteiger partial charge < -0.3 is 5.11 Å². The average molecular weight is 265 g/mol. The van der Waals surface area contributed by atoms with Crippen LogP contribution in [0, 0.1) is 0 Å². The summed E-state index contributed by atoms with van der Waals surface area (Å²) in [5, 5.41) is 13.8. The molecule has 1 atom stereocenters. The molecule has 4 heteroatoms. The van der Waals surface area contributed by atoms with E-state index in [4.69, 9.17) is 0 Å². The van der Waals surface area contributed by atoms with E-state index in [2.05, 4.69) is 10.1 Å². The minimum Gasteiger partial charge on any atom is -0.387 e. The lowest BCUT2D eigenvalue weighted by molar-refractivity contribution is 0.194. The number of benzene rings is 1. The highest BCUT2D eigenvalue weighted by Crippen LogP contribution is 2.21. The highest BCUT2D eigenvalue weighted by atomic mass is 16.3. The molecule has 1 N–H and O–H groups in total. The van der Waals surface area contributed by atoms with Crippen LogP contribution in [-0.2, 0) is 0 Å². The van der Waals surface area contributed by atoms with Crippen molar-refractivity contribution < 1.29 is 5.11 Å². The highest BCUT2D eigenvalue weighted by molar-refractivity contribution is 5.62. The van der Waals surface area contributed by atoms with Crippen molar-refractivity contribution in [3.05, 3.63) is 66.6 Å². The lowest BCUT2D eigenvalue weighted by Gasteiger charge is -2.08. The van der Waals surface area contributed by atoms with Crippen LogP contribution in [0.2, 0.25) is 0 Å². The molecular weight excluding hydrogens is 250 g/mol. The SMILES string of the molecule is C[C@H](O)c1cccc(-c2cccc(-n3cccn3)c2)n1. The molecule has 0 spiro atoms. The Kier molecular flexibility index (Phi) is 3.31. The average Bonchev–Trinajstić information content (AvgIpc) is 3.02. The summed E-state index contributed by atoms with van der Waals surface area (Å²) in [5.74, 6) is 0. The van der Waals surface area contributed by atoms with E-state index in [0.717, 1.165) is 16.9 Å². The number of aliphatic hydroxyl groups is 1. The van der Waals surface area contributed by atoms with Gasteiger partial charge in [-0.25, -0.2) is 4.68 Å². The van der Waals surface area contributed by atoms with E-state index in [1.54, 1.807) is 13.1 Å². The molecule has 2 aromatic heterocycles. The normalized spacial score (nSPS) is 12.3. The zero-order chi connectivity index (χ0) is 13.9. The van der Waals surface area contributed by atoms with Crippen molar-refractivity contribution in [2.24, 2.45) is 0 Å². The van der Waals surface area contributed by atoms with Crippen molar-refractivity contribution in [1.82, 2.24) is 14.8 Å². The van der Waals surface area contributed by atoms with Gasteiger partial charge in [-0.05, 0) is 37.3 Å². The molecule has 0 amide bonds. The lowest BCUT2D eigenvalue weighted by atomic mass is 10.1. The minimum absolute atomic E-state index is 0.566. The van der Waals surface area contributed by atoms with Crippen LogP contribution in [0.4, 0.5) is 0 Å². The Morgan fingerprint density at radius 3 is 2.70 bits per heavy atom. The van der Waals surface area contributed by atoms with Crippen molar-refractivity contribution in [1.29, 1.82) is 0 Å². The van der Waals surface area contributed by atoms with Gasteiger partial charge in [0, 0.05) is 18.0 Å². The summed E-state index contributed by atoms with van der Waals surface area (Å²) in [6.07, 6.45) is 3.09. The summed E-state index contributed by atoms with van der Waals surface area (Å²) >= 11 is 0. The maximum atomic E-state index is 9.62. The summed E-state index contributed by atoms with van der Waals surface area (Å²) in [4.78, 5) is 4.49. The molecule has 2 heterocycles. The molecule has 0 aliphatic carbocycles. The summed E-state index contributed by atoms with van der Waals surface area (Å²) in [6.45, 7) is 1.71. The van der Waals surface area contributed by atoms with Gasteiger partial charge in [-0.3, -0.25) is 4.98 Å². The van der Waals surface area contributed by atoms with Crippen molar-refractivity contribution in [3.8, 4) is 16.9 Å². The van der Waals surface area contributed by atoms with Crippen LogP contribution in [-0.4, -0.2) is 19.9 Å². The summed E-state index contributed by atoms with van der Waals surface area (Å²) in [7, 11) is 0. The molecule has 0 saturated heterocycles. The van der Waals surface area contributed by atoms with E-state index in [9.17, 15) is 5.11 Å². The Hall–Kier alpha value is -2.46. The molecule has 4 nitrogen and oxygen atoms in total. The molecule has 20 heavy (non-hydrogen) atoms. The molecule has 1 aromatic carbocycles. The first-order chi connectivity index (χ1) is 9.74. The van der Waals surface area contributed by atoms with Crippen molar-refractivity contribution >= 4 is 0 Å². The van der Waals surface area contributed by atoms with E-state index in [1.165, 1.54) is 0 Å². The molecule has 0 unspecified atom stereocenters. The molecule has 0 bridgehead atoms. The van der Waals surface area contributed by atoms with Gasteiger partial charge in [0.1, 0.15) is 0 Å². The van der Waals surface area contributed by atoms with Gasteiger partial charge in [0.15, 0.2) is 0 Å². The predicted octanol–water partition coefficient (Wildman–Crippen LogP) is 2.99. The lowest BCUT2D eigenvalue weighted by Crippen LogP contribution is -1.98. The third-order valence-electron chi connectivity index (χ3n) is 3.11. The van der Waals surface area contributed by atoms with Crippen molar-refractivity contribution in [2.45, 2.75) is 13.0 Å². The number of hydrogen-bond acceptors (Lipinski definition) is 3. The highest BCUT2D eigenvalue weighted by Gasteiger charge is 2.06. The number of nitrogens with zero attached hydrogens (tertiary/aromatic N) is 3. The van der Waals surface area contributed by atoms with Crippen LogP contribution < -0.4 is 0 Å². The van der Waals surface area contributed by atoms with Crippen LogP contribution in [0.3, 0.4) is 0 Å². The molecule has 0 saturated carbocycles. The van der Waals surface area contributed by atoms with E-state index >= 15 is 0 Å². The second-order valence-corrected chi connectivity index (χ2v) is 4.62. The van der Waals surface area contributed by atoms with Crippen LogP contribution in [0.15, 0.2) is 60.9 Å². The van der Waals surface area contributed by atoms with E-state index in [-0.39, 0.29) is 0 Å². The topological polar surface area (TPSA) is 50.9 Å². The zero-order valence-electron chi connectivity index (χ0n) is 11.1. The Balaban J connectivity index is 2.02. The third kappa shape index (κ3) is 2.46. The molecule has 3 rings (SSSR count). The van der Waals surface area contributed by atoms with Crippen LogP contribution in [0.25, 0.3) is 16.9 Å². The fourth-order valence-corrected chi connectivity index (χ4v) is 2.07. The Morgan fingerprint density at radius 1 is 1.10 bits per heavy atom. The van der Waals surface area contributed by atoms with Crippen LogP contribution in [0.1, 0.15) is 18.7 Å². The Bertz CT molecular complexity index is 705. The largest absolute Gasteiger partial charge is 0.387 e. The first kappa shape index (κ1) is 12.6. The molecular formula is C16H15N3O. The second-order valence-electron chi connectivity index (χ2n) is 4.62. The van der Waals surface area contributed by atoms with E-state index in [0.29, 0.717) is 5.69 Å². The molecule has 3 aromatic rings. The summed E-state index contributed by atoms with van der Waals surface area (Å²) in [5.41, 5.74) is 3.50. The summed E-state index contributed by atoms with van der Waals surface area (Å²) in [6, 6.07) is 15.6. The molecule has 0 aliphatic rings. The zero-order valence-corrected chi connectivity index (χ0v) is 11.1. The van der Waals surface area contributed by atoms with Crippen LogP contribution in [0.5, 0.6) is 0 Å². The van der Waals surface area contributed by atoms with Gasteiger partial charge in [0.25, 0.3) is 0 Å². The third-order valence-corrected chi connectivity index (χ3v) is 3.11. The number of pyridine rings is 1. The van der Waals surface area contributed by atoms with Crippen molar-refractivity contribution in [2.75, 3.05) is 0 Å². The number of rotatable bonds is 3. The molecule has 0 aliphatic heterocycles. The van der Waals surface area contributed by atoms with Gasteiger partial charge in [-0.15, -0.1) is 0 Å². The number of aromatic nitrogens is 3. The first-order valence-corrected chi connectivity index (χ1v) is 6.49. The monoisotopic (exact) mass is 265 g/mol. The fraction of sp³-hybridized carbons (Fsp3) is 0.125. The first-order valence-electron chi connectivity index (χ1n) is 6.49. The Morgan fingerprint density at radius 2 is 1.95 bits per heavy atom. The van der Waals surface area contributed by atoms with Gasteiger partial charge >= 0.3 is 0 Å². The summed E-state index contributed by atoms with van der Waals surface area (Å²) < 4.78 is 1.81.